The Balaban J connectivity index is 1.73. The van der Waals surface area contributed by atoms with E-state index in [4.69, 9.17) is 0 Å². The van der Waals surface area contributed by atoms with Gasteiger partial charge in [0.25, 0.3) is 0 Å². The molecule has 0 radical (unpaired) electrons. The van der Waals surface area contributed by atoms with Gasteiger partial charge in [0.2, 0.25) is 0 Å². The fraction of sp³-hybridized carbons (Fsp3) is 0.143. The summed E-state index contributed by atoms with van der Waals surface area (Å²) in [5.74, 6) is 0. The van der Waals surface area contributed by atoms with Crippen LogP contribution in [0.25, 0.3) is 22.2 Å². The fourth-order valence-corrected chi connectivity index (χ4v) is 3.67. The van der Waals surface area contributed by atoms with E-state index in [0.717, 1.165) is 0 Å². The van der Waals surface area contributed by atoms with E-state index < -0.39 is 0 Å². The number of allylic oxidation sites excluding steroid dienone is 2. The summed E-state index contributed by atoms with van der Waals surface area (Å²) in [6.45, 7) is 2.20. The zero-order valence-electron chi connectivity index (χ0n) is 13.8. The quantitative estimate of drug-likeness (QED) is 0.533. The Hall–Kier alpha value is -2.32. The summed E-state index contributed by atoms with van der Waals surface area (Å²) in [6, 6.07) is 17.1. The van der Waals surface area contributed by atoms with Gasteiger partial charge in [0, 0.05) is 29.4 Å². The van der Waals surface area contributed by atoms with E-state index in [1.807, 2.05) is 11.3 Å². The number of fused-ring (bicyclic) bond motifs is 1. The van der Waals surface area contributed by atoms with Gasteiger partial charge in [-0.05, 0) is 47.7 Å². The number of benzene rings is 2. The largest absolute Gasteiger partial charge is 0.378 e. The van der Waals surface area contributed by atoms with Gasteiger partial charge in [0.15, 0.2) is 0 Å². The minimum absolute atomic E-state index is 1.22. The number of aryl methyl sites for hydroxylation is 1. The molecule has 0 spiro atoms. The van der Waals surface area contributed by atoms with Crippen molar-refractivity contribution in [3.05, 3.63) is 76.7 Å². The van der Waals surface area contributed by atoms with Crippen molar-refractivity contribution in [2.24, 2.45) is 0 Å². The molecule has 0 atom stereocenters. The standard InChI is InChI=1S/C21H21NS/c1-16-19-9-5-7-11-21(19)23-20(16)10-6-4-8-17-12-14-18(15-13-17)22(2)3/h4-15H,1-3H3/b8-4+,10-6+. The summed E-state index contributed by atoms with van der Waals surface area (Å²) >= 11 is 1.85. The van der Waals surface area contributed by atoms with Crippen molar-refractivity contribution in [3.63, 3.8) is 0 Å². The average molecular weight is 319 g/mol. The Bertz CT molecular complexity index is 851. The van der Waals surface area contributed by atoms with Crippen molar-refractivity contribution >= 4 is 39.3 Å². The van der Waals surface area contributed by atoms with Gasteiger partial charge in [-0.25, -0.2) is 0 Å². The lowest BCUT2D eigenvalue weighted by Gasteiger charge is -2.11. The molecule has 116 valence electrons. The minimum atomic E-state index is 1.22. The molecule has 2 aromatic carbocycles. The summed E-state index contributed by atoms with van der Waals surface area (Å²) in [7, 11) is 4.11. The fourth-order valence-electron chi connectivity index (χ4n) is 2.55. The lowest BCUT2D eigenvalue weighted by molar-refractivity contribution is 1.13. The monoisotopic (exact) mass is 319 g/mol. The highest BCUT2D eigenvalue weighted by atomic mass is 32.1. The highest BCUT2D eigenvalue weighted by molar-refractivity contribution is 7.20. The van der Waals surface area contributed by atoms with E-state index in [2.05, 4.69) is 98.8 Å². The van der Waals surface area contributed by atoms with Gasteiger partial charge in [-0.3, -0.25) is 0 Å². The summed E-state index contributed by atoms with van der Waals surface area (Å²) in [5, 5.41) is 1.36. The minimum Gasteiger partial charge on any atom is -0.378 e. The van der Waals surface area contributed by atoms with Crippen LogP contribution in [0.1, 0.15) is 16.0 Å². The molecule has 1 heterocycles. The molecule has 23 heavy (non-hydrogen) atoms. The molecule has 1 aromatic heterocycles. The highest BCUT2D eigenvalue weighted by Crippen LogP contribution is 2.31. The van der Waals surface area contributed by atoms with Gasteiger partial charge < -0.3 is 4.90 Å². The molecule has 1 nitrogen and oxygen atoms in total. The first-order chi connectivity index (χ1) is 11.1. The Morgan fingerprint density at radius 3 is 2.26 bits per heavy atom. The Kier molecular flexibility index (Phi) is 4.63. The van der Waals surface area contributed by atoms with Gasteiger partial charge in [0.05, 0.1) is 0 Å². The zero-order chi connectivity index (χ0) is 16.2. The molecule has 0 aliphatic rings. The molecule has 3 aromatic rings. The molecular formula is C21H21NS. The predicted octanol–water partition coefficient (Wildman–Crippen LogP) is 6.00. The topological polar surface area (TPSA) is 3.24 Å². The maximum atomic E-state index is 2.20. The summed E-state index contributed by atoms with van der Waals surface area (Å²) in [6.07, 6.45) is 8.56. The van der Waals surface area contributed by atoms with Crippen LogP contribution in [0.3, 0.4) is 0 Å². The number of hydrogen-bond donors (Lipinski definition) is 0. The van der Waals surface area contributed by atoms with Crippen molar-refractivity contribution in [1.29, 1.82) is 0 Å². The van der Waals surface area contributed by atoms with Crippen LogP contribution in [-0.2, 0) is 0 Å². The molecule has 0 saturated heterocycles. The molecule has 2 heteroatoms. The second-order valence-electron chi connectivity index (χ2n) is 5.79. The summed E-state index contributed by atoms with van der Waals surface area (Å²) in [5.41, 5.74) is 3.80. The van der Waals surface area contributed by atoms with Crippen molar-refractivity contribution in [2.45, 2.75) is 6.92 Å². The first-order valence-electron chi connectivity index (χ1n) is 7.75. The molecule has 0 aliphatic heterocycles. The van der Waals surface area contributed by atoms with E-state index in [-0.39, 0.29) is 0 Å². The molecule has 3 rings (SSSR count). The normalized spacial score (nSPS) is 11.8. The zero-order valence-corrected chi connectivity index (χ0v) is 14.6. The van der Waals surface area contributed by atoms with Crippen LogP contribution in [0.5, 0.6) is 0 Å². The van der Waals surface area contributed by atoms with Gasteiger partial charge in [-0.2, -0.15) is 0 Å². The van der Waals surface area contributed by atoms with E-state index in [1.165, 1.54) is 31.8 Å². The van der Waals surface area contributed by atoms with Crippen molar-refractivity contribution in [3.8, 4) is 0 Å². The van der Waals surface area contributed by atoms with Gasteiger partial charge >= 0.3 is 0 Å². The van der Waals surface area contributed by atoms with Crippen LogP contribution in [0.15, 0.2) is 60.7 Å². The first kappa shape index (κ1) is 15.6. The Morgan fingerprint density at radius 2 is 1.57 bits per heavy atom. The second kappa shape index (κ2) is 6.84. The molecule has 0 unspecified atom stereocenters. The lowest BCUT2D eigenvalue weighted by atomic mass is 10.1. The van der Waals surface area contributed by atoms with Crippen molar-refractivity contribution in [1.82, 2.24) is 0 Å². The van der Waals surface area contributed by atoms with Crippen LogP contribution in [0.4, 0.5) is 5.69 Å². The highest BCUT2D eigenvalue weighted by Gasteiger charge is 2.04. The SMILES string of the molecule is Cc1c(/C=C/C=C/c2ccc(N(C)C)cc2)sc2ccccc12. The molecule has 0 saturated carbocycles. The van der Waals surface area contributed by atoms with Crippen LogP contribution in [0.2, 0.25) is 0 Å². The van der Waals surface area contributed by atoms with Crippen molar-refractivity contribution < 1.29 is 0 Å². The first-order valence-corrected chi connectivity index (χ1v) is 8.57. The summed E-state index contributed by atoms with van der Waals surface area (Å²) < 4.78 is 1.35. The van der Waals surface area contributed by atoms with Gasteiger partial charge in [0.1, 0.15) is 0 Å². The van der Waals surface area contributed by atoms with E-state index in [0.29, 0.717) is 0 Å². The lowest BCUT2D eigenvalue weighted by Crippen LogP contribution is -2.07. The molecular weight excluding hydrogens is 298 g/mol. The number of rotatable bonds is 4. The molecule has 0 N–H and O–H groups in total. The molecule has 0 aliphatic carbocycles. The summed E-state index contributed by atoms with van der Waals surface area (Å²) in [4.78, 5) is 3.44. The Morgan fingerprint density at radius 1 is 0.870 bits per heavy atom. The maximum absolute atomic E-state index is 2.20. The van der Waals surface area contributed by atoms with E-state index in [1.54, 1.807) is 0 Å². The second-order valence-corrected chi connectivity index (χ2v) is 6.88. The predicted molar refractivity (Wildman–Crippen MR) is 105 cm³/mol. The van der Waals surface area contributed by atoms with Gasteiger partial charge in [-0.1, -0.05) is 48.6 Å². The third kappa shape index (κ3) is 3.54. The molecule has 0 amide bonds. The van der Waals surface area contributed by atoms with Gasteiger partial charge in [-0.15, -0.1) is 11.3 Å². The van der Waals surface area contributed by atoms with Crippen LogP contribution in [0, 0.1) is 6.92 Å². The van der Waals surface area contributed by atoms with Crippen molar-refractivity contribution in [2.75, 3.05) is 19.0 Å². The third-order valence-electron chi connectivity index (χ3n) is 3.94. The van der Waals surface area contributed by atoms with Crippen LogP contribution < -0.4 is 4.90 Å². The molecule has 0 fully saturated rings. The maximum Gasteiger partial charge on any atom is 0.0361 e. The third-order valence-corrected chi connectivity index (χ3v) is 5.18. The average Bonchev–Trinajstić information content (AvgIpc) is 2.89. The smallest absolute Gasteiger partial charge is 0.0361 e. The number of anilines is 1. The Labute approximate surface area is 142 Å². The van der Waals surface area contributed by atoms with E-state index in [9.17, 15) is 0 Å². The number of hydrogen-bond acceptors (Lipinski definition) is 2. The number of nitrogens with zero attached hydrogens (tertiary/aromatic N) is 1. The van der Waals surface area contributed by atoms with Crippen LogP contribution in [-0.4, -0.2) is 14.1 Å². The van der Waals surface area contributed by atoms with Crippen LogP contribution >= 0.6 is 11.3 Å². The number of thiophene rings is 1. The van der Waals surface area contributed by atoms with E-state index >= 15 is 0 Å². The molecule has 0 bridgehead atoms.